The van der Waals surface area contributed by atoms with Crippen molar-refractivity contribution >= 4 is 5.91 Å². The maximum Gasteiger partial charge on any atom is 0.228 e. The molecule has 1 saturated carbocycles. The number of hydrogen-bond acceptors (Lipinski definition) is 3. The summed E-state index contributed by atoms with van der Waals surface area (Å²) in [5.74, 6) is 0.120. The van der Waals surface area contributed by atoms with Crippen molar-refractivity contribution in [1.29, 1.82) is 0 Å². The van der Waals surface area contributed by atoms with E-state index in [2.05, 4.69) is 11.4 Å². The summed E-state index contributed by atoms with van der Waals surface area (Å²) in [7, 11) is 1.67. The Bertz CT molecular complexity index is 524. The van der Waals surface area contributed by atoms with E-state index in [1.54, 1.807) is 7.11 Å². The minimum Gasteiger partial charge on any atom is -0.384 e. The predicted molar refractivity (Wildman–Crippen MR) is 80.9 cm³/mol. The van der Waals surface area contributed by atoms with Crippen LogP contribution in [0.25, 0.3) is 0 Å². The molecule has 1 heterocycles. The molecule has 0 atom stereocenters. The van der Waals surface area contributed by atoms with Gasteiger partial charge >= 0.3 is 0 Å². The van der Waals surface area contributed by atoms with Crippen molar-refractivity contribution < 1.29 is 9.53 Å². The molecule has 1 aromatic heterocycles. The quantitative estimate of drug-likeness (QED) is 0.905. The number of carbonyl (C=O) groups excluding carboxylic acids is 1. The first-order valence-electron chi connectivity index (χ1n) is 7.98. The summed E-state index contributed by atoms with van der Waals surface area (Å²) >= 11 is 0. The van der Waals surface area contributed by atoms with Gasteiger partial charge in [0.05, 0.1) is 24.3 Å². The lowest BCUT2D eigenvalue weighted by Gasteiger charge is -2.39. The number of ether oxygens (including phenoxy) is 1. The van der Waals surface area contributed by atoms with Crippen LogP contribution in [-0.4, -0.2) is 24.6 Å². The molecule has 0 radical (unpaired) electrons. The SMILES string of the molecule is COCC1(C(=O)NCc2ccc3c(n2)CCCC3)CCC1. The lowest BCUT2D eigenvalue weighted by atomic mass is 9.68. The zero-order valence-corrected chi connectivity index (χ0v) is 12.8. The first kappa shape index (κ1) is 14.5. The number of aryl methyl sites for hydroxylation is 2. The zero-order chi connectivity index (χ0) is 14.7. The van der Waals surface area contributed by atoms with E-state index in [1.807, 2.05) is 6.07 Å². The van der Waals surface area contributed by atoms with Gasteiger partial charge in [0, 0.05) is 12.8 Å². The molecule has 1 fully saturated rings. The Morgan fingerprint density at radius 1 is 1.29 bits per heavy atom. The number of pyridine rings is 1. The molecule has 1 amide bonds. The number of nitrogens with zero attached hydrogens (tertiary/aromatic N) is 1. The molecule has 0 bridgehead atoms. The highest BCUT2D eigenvalue weighted by Crippen LogP contribution is 2.41. The highest BCUT2D eigenvalue weighted by Gasteiger charge is 2.43. The maximum atomic E-state index is 12.4. The minimum absolute atomic E-state index is 0.120. The molecule has 0 saturated heterocycles. The minimum atomic E-state index is -0.289. The van der Waals surface area contributed by atoms with Crippen LogP contribution in [0.4, 0.5) is 0 Å². The van der Waals surface area contributed by atoms with E-state index in [1.165, 1.54) is 24.1 Å². The zero-order valence-electron chi connectivity index (χ0n) is 12.8. The van der Waals surface area contributed by atoms with Crippen LogP contribution in [0.1, 0.15) is 49.1 Å². The van der Waals surface area contributed by atoms with Crippen LogP contribution in [0, 0.1) is 5.41 Å². The highest BCUT2D eigenvalue weighted by molar-refractivity contribution is 5.83. The monoisotopic (exact) mass is 288 g/mol. The lowest BCUT2D eigenvalue weighted by Crippen LogP contribution is -2.48. The highest BCUT2D eigenvalue weighted by atomic mass is 16.5. The lowest BCUT2D eigenvalue weighted by molar-refractivity contribution is -0.140. The number of nitrogens with one attached hydrogen (secondary N) is 1. The van der Waals surface area contributed by atoms with E-state index < -0.39 is 0 Å². The summed E-state index contributed by atoms with van der Waals surface area (Å²) in [6, 6.07) is 4.23. The van der Waals surface area contributed by atoms with E-state index in [4.69, 9.17) is 9.72 Å². The molecule has 4 nitrogen and oxygen atoms in total. The van der Waals surface area contributed by atoms with Gasteiger partial charge in [-0.15, -0.1) is 0 Å². The first-order valence-corrected chi connectivity index (χ1v) is 7.98. The van der Waals surface area contributed by atoms with Gasteiger partial charge in [-0.3, -0.25) is 9.78 Å². The van der Waals surface area contributed by atoms with Crippen molar-refractivity contribution in [3.8, 4) is 0 Å². The summed E-state index contributed by atoms with van der Waals surface area (Å²) in [6.45, 7) is 1.05. The van der Waals surface area contributed by atoms with Crippen LogP contribution >= 0.6 is 0 Å². The van der Waals surface area contributed by atoms with E-state index in [0.717, 1.165) is 37.8 Å². The molecular weight excluding hydrogens is 264 g/mol. The molecule has 2 aliphatic carbocycles. The smallest absolute Gasteiger partial charge is 0.228 e. The third-order valence-electron chi connectivity index (χ3n) is 4.88. The van der Waals surface area contributed by atoms with Crippen molar-refractivity contribution in [2.75, 3.05) is 13.7 Å². The van der Waals surface area contributed by atoms with Crippen molar-refractivity contribution in [1.82, 2.24) is 10.3 Å². The fourth-order valence-corrected chi connectivity index (χ4v) is 3.40. The molecular formula is C17H24N2O2. The normalized spacial score (nSPS) is 19.5. The molecule has 21 heavy (non-hydrogen) atoms. The van der Waals surface area contributed by atoms with Crippen molar-refractivity contribution in [3.05, 3.63) is 29.1 Å². The van der Waals surface area contributed by atoms with Crippen LogP contribution in [0.2, 0.25) is 0 Å². The number of methoxy groups -OCH3 is 1. The second-order valence-electron chi connectivity index (χ2n) is 6.37. The van der Waals surface area contributed by atoms with Gasteiger partial charge in [-0.1, -0.05) is 12.5 Å². The Kier molecular flexibility index (Phi) is 4.24. The summed E-state index contributed by atoms with van der Waals surface area (Å²) in [5.41, 5.74) is 3.29. The Hall–Kier alpha value is -1.42. The number of amides is 1. The Balaban J connectivity index is 1.61. The molecule has 0 aromatic carbocycles. The Morgan fingerprint density at radius 3 is 2.81 bits per heavy atom. The molecule has 0 aliphatic heterocycles. The average Bonchev–Trinajstić information content (AvgIpc) is 2.48. The van der Waals surface area contributed by atoms with E-state index in [-0.39, 0.29) is 11.3 Å². The fraction of sp³-hybridized carbons (Fsp3) is 0.647. The summed E-state index contributed by atoms with van der Waals surface area (Å²) < 4.78 is 5.22. The van der Waals surface area contributed by atoms with Gasteiger partial charge in [-0.25, -0.2) is 0 Å². The van der Waals surface area contributed by atoms with E-state index >= 15 is 0 Å². The summed E-state index contributed by atoms with van der Waals surface area (Å²) in [6.07, 6.45) is 7.70. The maximum absolute atomic E-state index is 12.4. The third kappa shape index (κ3) is 2.95. The first-order chi connectivity index (χ1) is 10.2. The van der Waals surface area contributed by atoms with Gasteiger partial charge in [0.25, 0.3) is 0 Å². The number of rotatable bonds is 5. The van der Waals surface area contributed by atoms with Crippen molar-refractivity contribution in [2.45, 2.75) is 51.5 Å². The molecule has 1 N–H and O–H groups in total. The fourth-order valence-electron chi connectivity index (χ4n) is 3.40. The number of carbonyl (C=O) groups is 1. The molecule has 2 aliphatic rings. The van der Waals surface area contributed by atoms with Crippen LogP contribution in [0.3, 0.4) is 0 Å². The van der Waals surface area contributed by atoms with Crippen molar-refractivity contribution in [2.24, 2.45) is 5.41 Å². The van der Waals surface area contributed by atoms with Crippen LogP contribution in [-0.2, 0) is 28.9 Å². The number of aromatic nitrogens is 1. The summed E-state index contributed by atoms with van der Waals surface area (Å²) in [4.78, 5) is 17.1. The van der Waals surface area contributed by atoms with Gasteiger partial charge in [0.15, 0.2) is 0 Å². The van der Waals surface area contributed by atoms with Gasteiger partial charge in [0.1, 0.15) is 0 Å². The molecule has 0 unspecified atom stereocenters. The molecule has 1 aromatic rings. The summed E-state index contributed by atoms with van der Waals surface area (Å²) in [5, 5.41) is 3.05. The topological polar surface area (TPSA) is 51.2 Å². The second-order valence-corrected chi connectivity index (χ2v) is 6.37. The predicted octanol–water partition coefficient (Wildman–Crippen LogP) is 2.39. The van der Waals surface area contributed by atoms with E-state index in [9.17, 15) is 4.79 Å². The largest absolute Gasteiger partial charge is 0.384 e. The third-order valence-corrected chi connectivity index (χ3v) is 4.88. The van der Waals surface area contributed by atoms with Gasteiger partial charge < -0.3 is 10.1 Å². The Labute approximate surface area is 126 Å². The van der Waals surface area contributed by atoms with Crippen molar-refractivity contribution in [3.63, 3.8) is 0 Å². The van der Waals surface area contributed by atoms with Crippen LogP contribution in [0.5, 0.6) is 0 Å². The standard InChI is InChI=1S/C17H24N2O2/c1-21-12-17(9-4-10-17)16(20)18-11-14-8-7-13-5-2-3-6-15(13)19-14/h7-8H,2-6,9-12H2,1H3,(H,18,20). The van der Waals surface area contributed by atoms with Crippen LogP contribution < -0.4 is 5.32 Å². The number of fused-ring (bicyclic) bond motifs is 1. The molecule has 114 valence electrons. The number of hydrogen-bond donors (Lipinski definition) is 1. The second kappa shape index (κ2) is 6.14. The van der Waals surface area contributed by atoms with Gasteiger partial charge in [0.2, 0.25) is 5.91 Å². The molecule has 4 heteroatoms. The average molecular weight is 288 g/mol. The van der Waals surface area contributed by atoms with Crippen LogP contribution in [0.15, 0.2) is 12.1 Å². The van der Waals surface area contributed by atoms with Gasteiger partial charge in [-0.05, 0) is 50.2 Å². The Morgan fingerprint density at radius 2 is 2.10 bits per heavy atom. The van der Waals surface area contributed by atoms with Gasteiger partial charge in [-0.2, -0.15) is 0 Å². The molecule has 3 rings (SSSR count). The van der Waals surface area contributed by atoms with E-state index in [0.29, 0.717) is 13.2 Å². The molecule has 0 spiro atoms.